The first-order valence-electron chi connectivity index (χ1n) is 6.80. The Kier molecular flexibility index (Phi) is 14.7. The Bertz CT molecular complexity index is 212. The van der Waals surface area contributed by atoms with Crippen LogP contribution in [-0.2, 0) is 4.74 Å². The van der Waals surface area contributed by atoms with Crippen molar-refractivity contribution < 1.29 is 4.74 Å². The van der Waals surface area contributed by atoms with Crippen molar-refractivity contribution in [3.05, 3.63) is 0 Å². The Morgan fingerprint density at radius 1 is 1.00 bits per heavy atom. The summed E-state index contributed by atoms with van der Waals surface area (Å²) in [7, 11) is 1.82. The van der Waals surface area contributed by atoms with Crippen LogP contribution in [0, 0.1) is 5.92 Å². The minimum atomic E-state index is 0.508. The topological polar surface area (TPSA) is 34.0 Å². The lowest BCUT2D eigenvalue weighted by atomic mass is 9.99. The van der Waals surface area contributed by atoms with Crippen molar-refractivity contribution in [3.63, 3.8) is 0 Å². The molecule has 0 N–H and O–H groups in total. The van der Waals surface area contributed by atoms with Gasteiger partial charge in [0.15, 0.2) is 0 Å². The van der Waals surface area contributed by atoms with Gasteiger partial charge in [-0.15, -0.1) is 0 Å². The monoisotopic (exact) mass is 242 g/mol. The molecule has 1 saturated heterocycles. The number of hydrogen-bond acceptors (Lipinski definition) is 2. The second kappa shape index (κ2) is 13.4. The fourth-order valence-corrected chi connectivity index (χ4v) is 1.51. The van der Waals surface area contributed by atoms with Gasteiger partial charge in [-0.1, -0.05) is 27.7 Å². The Balaban J connectivity index is 0. The van der Waals surface area contributed by atoms with Crippen molar-refractivity contribution in [3.8, 4) is 0 Å². The van der Waals surface area contributed by atoms with E-state index in [9.17, 15) is 0 Å². The van der Waals surface area contributed by atoms with Crippen molar-refractivity contribution in [2.24, 2.45) is 15.9 Å². The summed E-state index contributed by atoms with van der Waals surface area (Å²) in [6.07, 6.45) is 2.12. The molecule has 1 rings (SSSR count). The van der Waals surface area contributed by atoms with Crippen molar-refractivity contribution in [1.82, 2.24) is 0 Å². The number of hydrogen-bond donors (Lipinski definition) is 0. The highest BCUT2D eigenvalue weighted by Gasteiger charge is 2.18. The van der Waals surface area contributed by atoms with E-state index in [0.29, 0.717) is 5.92 Å². The highest BCUT2D eigenvalue weighted by Crippen LogP contribution is 2.17. The molecule has 0 atom stereocenters. The lowest BCUT2D eigenvalue weighted by molar-refractivity contribution is 0.0825. The van der Waals surface area contributed by atoms with Gasteiger partial charge in [0.1, 0.15) is 5.84 Å². The lowest BCUT2D eigenvalue weighted by Gasteiger charge is -2.21. The summed E-state index contributed by atoms with van der Waals surface area (Å²) in [4.78, 5) is 8.66. The molecule has 0 unspecified atom stereocenters. The quantitative estimate of drug-likeness (QED) is 0.506. The van der Waals surface area contributed by atoms with Crippen molar-refractivity contribution >= 4 is 11.5 Å². The molecular weight excluding hydrogens is 212 g/mol. The van der Waals surface area contributed by atoms with E-state index in [1.165, 1.54) is 0 Å². The molecule has 3 nitrogen and oxygen atoms in total. The highest BCUT2D eigenvalue weighted by atomic mass is 16.5. The maximum Gasteiger partial charge on any atom is 0.126 e. The summed E-state index contributed by atoms with van der Waals surface area (Å²) in [6.45, 7) is 13.7. The molecule has 1 fully saturated rings. The standard InChI is InChI=1S/C10H18N2O.2C2H6/c1-8(2)12-10(11-3)9-4-6-13-7-5-9;2*1-2/h9H,4-7H2,1-3H3;2*1-2H3. The summed E-state index contributed by atoms with van der Waals surface area (Å²) in [6, 6.07) is 0. The third-order valence-electron chi connectivity index (χ3n) is 2.15. The molecule has 102 valence electrons. The zero-order chi connectivity index (χ0) is 13.7. The largest absolute Gasteiger partial charge is 0.381 e. The molecule has 17 heavy (non-hydrogen) atoms. The van der Waals surface area contributed by atoms with Gasteiger partial charge in [0, 0.05) is 31.9 Å². The summed E-state index contributed by atoms with van der Waals surface area (Å²) in [5.74, 6) is 1.50. The van der Waals surface area contributed by atoms with Gasteiger partial charge >= 0.3 is 0 Å². The molecule has 0 bridgehead atoms. The van der Waals surface area contributed by atoms with Gasteiger partial charge in [0.05, 0.1) is 0 Å². The lowest BCUT2D eigenvalue weighted by Crippen LogP contribution is -2.22. The van der Waals surface area contributed by atoms with E-state index >= 15 is 0 Å². The first kappa shape index (κ1) is 18.7. The first-order valence-corrected chi connectivity index (χ1v) is 6.80. The molecule has 0 aromatic carbocycles. The Morgan fingerprint density at radius 3 is 1.82 bits per heavy atom. The normalized spacial score (nSPS) is 16.1. The van der Waals surface area contributed by atoms with Crippen LogP contribution >= 0.6 is 0 Å². The summed E-state index contributed by atoms with van der Waals surface area (Å²) in [5, 5.41) is 0. The van der Waals surface area contributed by atoms with E-state index in [4.69, 9.17) is 4.74 Å². The smallest absolute Gasteiger partial charge is 0.126 e. The van der Waals surface area contributed by atoms with Gasteiger partial charge in [-0.25, -0.2) is 4.99 Å². The predicted molar refractivity (Wildman–Crippen MR) is 78.4 cm³/mol. The molecule has 3 heteroatoms. The Morgan fingerprint density at radius 2 is 1.47 bits per heavy atom. The molecular formula is C14H30N2O. The number of amidine groups is 1. The van der Waals surface area contributed by atoms with Crippen LogP contribution in [-0.4, -0.2) is 31.8 Å². The minimum absolute atomic E-state index is 0.508. The van der Waals surface area contributed by atoms with E-state index < -0.39 is 0 Å². The minimum Gasteiger partial charge on any atom is -0.381 e. The van der Waals surface area contributed by atoms with Gasteiger partial charge in [0.25, 0.3) is 0 Å². The van der Waals surface area contributed by atoms with Gasteiger partial charge in [-0.2, -0.15) is 0 Å². The average molecular weight is 242 g/mol. The Labute approximate surface area is 107 Å². The fraction of sp³-hybridized carbons (Fsp3) is 0.857. The molecule has 0 aromatic heterocycles. The highest BCUT2D eigenvalue weighted by molar-refractivity contribution is 5.97. The molecule has 1 aliphatic heterocycles. The zero-order valence-electron chi connectivity index (χ0n) is 12.7. The van der Waals surface area contributed by atoms with E-state index in [1.54, 1.807) is 0 Å². The van der Waals surface area contributed by atoms with Crippen LogP contribution in [0.1, 0.15) is 54.4 Å². The third kappa shape index (κ3) is 9.04. The van der Waals surface area contributed by atoms with Crippen LogP contribution in [0.4, 0.5) is 0 Å². The second-order valence-electron chi connectivity index (χ2n) is 3.53. The number of nitrogens with zero attached hydrogens (tertiary/aromatic N) is 2. The first-order chi connectivity index (χ1) is 8.24. The maximum absolute atomic E-state index is 5.30. The van der Waals surface area contributed by atoms with Crippen LogP contribution in [0.25, 0.3) is 0 Å². The summed E-state index contributed by atoms with van der Waals surface area (Å²) >= 11 is 0. The zero-order valence-corrected chi connectivity index (χ0v) is 12.7. The molecule has 0 aromatic rings. The van der Waals surface area contributed by atoms with Crippen LogP contribution in [0.15, 0.2) is 9.98 Å². The van der Waals surface area contributed by atoms with Crippen molar-refractivity contribution in [1.29, 1.82) is 0 Å². The molecule has 1 aliphatic rings. The maximum atomic E-state index is 5.30. The van der Waals surface area contributed by atoms with Crippen LogP contribution in [0.3, 0.4) is 0 Å². The Hall–Kier alpha value is -0.700. The van der Waals surface area contributed by atoms with E-state index in [-0.39, 0.29) is 0 Å². The predicted octanol–water partition coefficient (Wildman–Crippen LogP) is 3.97. The second-order valence-corrected chi connectivity index (χ2v) is 3.53. The van der Waals surface area contributed by atoms with Crippen LogP contribution in [0.5, 0.6) is 0 Å². The molecule has 0 spiro atoms. The van der Waals surface area contributed by atoms with E-state index in [0.717, 1.165) is 37.6 Å². The van der Waals surface area contributed by atoms with E-state index in [2.05, 4.69) is 9.98 Å². The molecule has 0 radical (unpaired) electrons. The number of rotatable bonds is 1. The average Bonchev–Trinajstić information content (AvgIpc) is 2.41. The van der Waals surface area contributed by atoms with Crippen LogP contribution < -0.4 is 0 Å². The summed E-state index contributed by atoms with van der Waals surface area (Å²) < 4.78 is 5.30. The van der Waals surface area contributed by atoms with Crippen LogP contribution in [0.2, 0.25) is 0 Å². The van der Waals surface area contributed by atoms with Gasteiger partial charge in [-0.3, -0.25) is 4.99 Å². The number of ether oxygens (including phenoxy) is 1. The fourth-order valence-electron chi connectivity index (χ4n) is 1.51. The van der Waals surface area contributed by atoms with Crippen molar-refractivity contribution in [2.75, 3.05) is 20.3 Å². The van der Waals surface area contributed by atoms with Gasteiger partial charge < -0.3 is 4.74 Å². The third-order valence-corrected chi connectivity index (χ3v) is 2.15. The molecule has 0 amide bonds. The molecule has 1 heterocycles. The molecule has 0 saturated carbocycles. The van der Waals surface area contributed by atoms with E-state index in [1.807, 2.05) is 48.6 Å². The van der Waals surface area contributed by atoms with Crippen molar-refractivity contribution in [2.45, 2.75) is 54.4 Å². The molecule has 0 aliphatic carbocycles. The van der Waals surface area contributed by atoms with Gasteiger partial charge in [0.2, 0.25) is 0 Å². The summed E-state index contributed by atoms with van der Waals surface area (Å²) in [5.41, 5.74) is 1.08. The SMILES string of the molecule is CC.CC.CN=C(N=C(C)C)C1CCOCC1. The van der Waals surface area contributed by atoms with Gasteiger partial charge in [-0.05, 0) is 26.7 Å². The number of aliphatic imine (C=N–C) groups is 2.